The number of hydrogen-bond donors (Lipinski definition) is 0. The highest BCUT2D eigenvalue weighted by Crippen LogP contribution is 2.20. The molecule has 0 N–H and O–H groups in total. The minimum absolute atomic E-state index is 0.0252. The van der Waals surface area contributed by atoms with Gasteiger partial charge in [0.05, 0.1) is 18.1 Å². The Kier molecular flexibility index (Phi) is 6.65. The zero-order chi connectivity index (χ0) is 15.9. The lowest BCUT2D eigenvalue weighted by Crippen LogP contribution is -2.50. The van der Waals surface area contributed by atoms with Gasteiger partial charge in [-0.2, -0.15) is 10.5 Å². The second-order valence-electron chi connectivity index (χ2n) is 6.94. The normalized spacial score (nSPS) is 17.9. The van der Waals surface area contributed by atoms with Crippen molar-refractivity contribution < 1.29 is 4.79 Å². The lowest BCUT2D eigenvalue weighted by atomic mass is 9.91. The monoisotopic (exact) mass is 290 g/mol. The van der Waals surface area contributed by atoms with Gasteiger partial charge in [0.15, 0.2) is 0 Å². The first kappa shape index (κ1) is 17.5. The molecule has 0 bridgehead atoms. The SMILES string of the molecule is CC(C)(C)CC(=O)N1CCN(C[C@H](C#N)CCC#N)CC1. The molecule has 0 spiro atoms. The predicted octanol–water partition coefficient (Wildman–Crippen LogP) is 2.01. The summed E-state index contributed by atoms with van der Waals surface area (Å²) in [7, 11) is 0. The maximum Gasteiger partial charge on any atom is 0.223 e. The molecule has 5 nitrogen and oxygen atoms in total. The fourth-order valence-corrected chi connectivity index (χ4v) is 2.49. The molecule has 1 atom stereocenters. The van der Waals surface area contributed by atoms with E-state index in [-0.39, 0.29) is 17.2 Å². The van der Waals surface area contributed by atoms with Crippen molar-refractivity contribution in [3.8, 4) is 12.1 Å². The van der Waals surface area contributed by atoms with Crippen LogP contribution in [0.4, 0.5) is 0 Å². The molecule has 1 amide bonds. The Morgan fingerprint density at radius 1 is 1.19 bits per heavy atom. The average Bonchev–Trinajstić information content (AvgIpc) is 2.42. The molecule has 0 unspecified atom stereocenters. The van der Waals surface area contributed by atoms with Crippen molar-refractivity contribution in [1.29, 1.82) is 10.5 Å². The molecule has 0 aromatic rings. The maximum atomic E-state index is 12.2. The van der Waals surface area contributed by atoms with Crippen LogP contribution in [-0.4, -0.2) is 48.4 Å². The molecule has 1 rings (SSSR count). The Morgan fingerprint density at radius 2 is 1.81 bits per heavy atom. The summed E-state index contributed by atoms with van der Waals surface area (Å²) >= 11 is 0. The molecule has 1 saturated heterocycles. The third kappa shape index (κ3) is 6.60. The summed E-state index contributed by atoms with van der Waals surface area (Å²) in [6.07, 6.45) is 1.65. The van der Waals surface area contributed by atoms with Gasteiger partial charge >= 0.3 is 0 Å². The number of rotatable bonds is 5. The minimum atomic E-state index is -0.0820. The average molecular weight is 290 g/mol. The Morgan fingerprint density at radius 3 is 2.29 bits per heavy atom. The van der Waals surface area contributed by atoms with Crippen LogP contribution in [0.2, 0.25) is 0 Å². The second-order valence-corrected chi connectivity index (χ2v) is 6.94. The van der Waals surface area contributed by atoms with Gasteiger partial charge in [-0.05, 0) is 11.8 Å². The molecule has 1 aliphatic heterocycles. The molecular weight excluding hydrogens is 264 g/mol. The smallest absolute Gasteiger partial charge is 0.223 e. The highest BCUT2D eigenvalue weighted by Gasteiger charge is 2.25. The highest BCUT2D eigenvalue weighted by atomic mass is 16.2. The molecule has 1 aliphatic rings. The van der Waals surface area contributed by atoms with Crippen molar-refractivity contribution in [3.63, 3.8) is 0 Å². The minimum Gasteiger partial charge on any atom is -0.340 e. The predicted molar refractivity (Wildman–Crippen MR) is 81.0 cm³/mol. The maximum absolute atomic E-state index is 12.2. The number of carbonyl (C=O) groups is 1. The number of nitrogens with zero attached hydrogens (tertiary/aromatic N) is 4. The lowest BCUT2D eigenvalue weighted by Gasteiger charge is -2.36. The van der Waals surface area contributed by atoms with Crippen molar-refractivity contribution in [2.45, 2.75) is 40.0 Å². The fraction of sp³-hybridized carbons (Fsp3) is 0.812. The number of nitriles is 2. The summed E-state index contributed by atoms with van der Waals surface area (Å²) in [5, 5.41) is 17.7. The van der Waals surface area contributed by atoms with Gasteiger partial charge < -0.3 is 4.90 Å². The van der Waals surface area contributed by atoms with E-state index in [9.17, 15) is 4.79 Å². The van der Waals surface area contributed by atoms with E-state index in [1.807, 2.05) is 4.90 Å². The van der Waals surface area contributed by atoms with Gasteiger partial charge in [0.25, 0.3) is 0 Å². The number of hydrogen-bond acceptors (Lipinski definition) is 4. The van der Waals surface area contributed by atoms with Crippen LogP contribution in [0.15, 0.2) is 0 Å². The Bertz CT molecular complexity index is 419. The Balaban J connectivity index is 2.37. The summed E-state index contributed by atoms with van der Waals surface area (Å²) in [5.41, 5.74) is 0.0252. The van der Waals surface area contributed by atoms with Crippen LogP contribution < -0.4 is 0 Å². The van der Waals surface area contributed by atoms with E-state index < -0.39 is 0 Å². The number of carbonyl (C=O) groups excluding carboxylic acids is 1. The zero-order valence-electron chi connectivity index (χ0n) is 13.4. The third-order valence-electron chi connectivity index (χ3n) is 3.67. The molecular formula is C16H26N4O. The summed E-state index contributed by atoms with van der Waals surface area (Å²) in [6, 6.07) is 4.37. The standard InChI is InChI=1S/C16H26N4O/c1-16(2,3)11-15(21)20-9-7-19(8-10-20)13-14(12-18)5-4-6-17/h14H,4-5,7-11,13H2,1-3H3/t14-/m0/s1. The van der Waals surface area contributed by atoms with Gasteiger partial charge in [-0.25, -0.2) is 0 Å². The molecule has 1 fully saturated rings. The van der Waals surface area contributed by atoms with E-state index in [4.69, 9.17) is 10.5 Å². The van der Waals surface area contributed by atoms with Crippen LogP contribution in [0.1, 0.15) is 40.0 Å². The zero-order valence-corrected chi connectivity index (χ0v) is 13.4. The van der Waals surface area contributed by atoms with Crippen LogP contribution in [0.5, 0.6) is 0 Å². The van der Waals surface area contributed by atoms with Crippen LogP contribution in [0, 0.1) is 34.0 Å². The van der Waals surface area contributed by atoms with E-state index in [0.717, 1.165) is 26.2 Å². The van der Waals surface area contributed by atoms with Crippen LogP contribution in [0.25, 0.3) is 0 Å². The van der Waals surface area contributed by atoms with E-state index in [1.54, 1.807) is 0 Å². The largest absolute Gasteiger partial charge is 0.340 e. The summed E-state index contributed by atoms with van der Waals surface area (Å²) in [5.74, 6) is 0.143. The van der Waals surface area contributed by atoms with Crippen molar-refractivity contribution in [2.24, 2.45) is 11.3 Å². The van der Waals surface area contributed by atoms with Crippen molar-refractivity contribution in [2.75, 3.05) is 32.7 Å². The lowest BCUT2D eigenvalue weighted by molar-refractivity contribution is -0.134. The quantitative estimate of drug-likeness (QED) is 0.776. The Hall–Kier alpha value is -1.59. The molecule has 0 aliphatic carbocycles. The van der Waals surface area contributed by atoms with Gasteiger partial charge in [0, 0.05) is 45.6 Å². The fourth-order valence-electron chi connectivity index (χ4n) is 2.49. The summed E-state index contributed by atoms with van der Waals surface area (Å²) in [4.78, 5) is 16.3. The van der Waals surface area contributed by atoms with Crippen molar-refractivity contribution in [1.82, 2.24) is 9.80 Å². The Labute approximate surface area is 128 Å². The second kappa shape index (κ2) is 8.00. The van der Waals surface area contributed by atoms with Gasteiger partial charge in [0.1, 0.15) is 0 Å². The number of amides is 1. The number of piperazine rings is 1. The van der Waals surface area contributed by atoms with Crippen LogP contribution in [-0.2, 0) is 4.79 Å². The summed E-state index contributed by atoms with van der Waals surface area (Å²) in [6.45, 7) is 10.1. The van der Waals surface area contributed by atoms with Gasteiger partial charge in [-0.3, -0.25) is 9.69 Å². The highest BCUT2D eigenvalue weighted by molar-refractivity contribution is 5.76. The van der Waals surface area contributed by atoms with Gasteiger partial charge in [0.2, 0.25) is 5.91 Å². The molecule has 0 saturated carbocycles. The van der Waals surface area contributed by atoms with Crippen LogP contribution >= 0.6 is 0 Å². The molecule has 116 valence electrons. The summed E-state index contributed by atoms with van der Waals surface area (Å²) < 4.78 is 0. The van der Waals surface area contributed by atoms with Gasteiger partial charge in [-0.1, -0.05) is 20.8 Å². The van der Waals surface area contributed by atoms with E-state index >= 15 is 0 Å². The topological polar surface area (TPSA) is 71.1 Å². The third-order valence-corrected chi connectivity index (χ3v) is 3.67. The molecule has 0 aromatic carbocycles. The van der Waals surface area contributed by atoms with Gasteiger partial charge in [-0.15, -0.1) is 0 Å². The van der Waals surface area contributed by atoms with Crippen LogP contribution in [0.3, 0.4) is 0 Å². The van der Waals surface area contributed by atoms with E-state index in [0.29, 0.717) is 25.8 Å². The first-order chi connectivity index (χ1) is 9.85. The molecule has 5 heteroatoms. The molecule has 0 radical (unpaired) electrons. The van der Waals surface area contributed by atoms with Crippen molar-refractivity contribution in [3.05, 3.63) is 0 Å². The molecule has 21 heavy (non-hydrogen) atoms. The van der Waals surface area contributed by atoms with E-state index in [1.165, 1.54) is 0 Å². The molecule has 0 aromatic heterocycles. The van der Waals surface area contributed by atoms with E-state index in [2.05, 4.69) is 37.8 Å². The van der Waals surface area contributed by atoms with Crippen molar-refractivity contribution >= 4 is 5.91 Å². The molecule has 1 heterocycles. The first-order valence-corrected chi connectivity index (χ1v) is 7.62. The first-order valence-electron chi connectivity index (χ1n) is 7.62.